The van der Waals surface area contributed by atoms with Crippen LogP contribution in [0.25, 0.3) is 10.9 Å². The van der Waals surface area contributed by atoms with E-state index in [2.05, 4.69) is 5.32 Å². The number of ketones is 1. The molecule has 0 aliphatic carbocycles. The van der Waals surface area contributed by atoms with Gasteiger partial charge in [0.2, 0.25) is 11.7 Å². The smallest absolute Gasteiger partial charge is 0.244 e. The molecule has 4 aromatic rings. The van der Waals surface area contributed by atoms with Gasteiger partial charge in [0.1, 0.15) is 12.4 Å². The van der Waals surface area contributed by atoms with E-state index >= 15 is 0 Å². The first-order valence-electron chi connectivity index (χ1n) is 8.33. The zero-order chi connectivity index (χ0) is 18.8. The lowest BCUT2D eigenvalue weighted by atomic mass is 10.1. The van der Waals surface area contributed by atoms with Crippen LogP contribution in [0.2, 0.25) is 0 Å². The van der Waals surface area contributed by atoms with Crippen LogP contribution in [0.5, 0.6) is 0 Å². The minimum Gasteiger partial charge on any atom is -0.461 e. The van der Waals surface area contributed by atoms with Crippen LogP contribution in [0.4, 0.5) is 10.1 Å². The third kappa shape index (κ3) is 3.37. The van der Waals surface area contributed by atoms with Gasteiger partial charge < -0.3 is 14.3 Å². The fourth-order valence-electron chi connectivity index (χ4n) is 2.99. The van der Waals surface area contributed by atoms with E-state index in [0.717, 1.165) is 10.9 Å². The molecular formula is C21H15FN2O3. The molecule has 0 unspecified atom stereocenters. The van der Waals surface area contributed by atoms with Crippen LogP contribution >= 0.6 is 0 Å². The van der Waals surface area contributed by atoms with E-state index in [-0.39, 0.29) is 29.8 Å². The Morgan fingerprint density at radius 1 is 1.00 bits per heavy atom. The Balaban J connectivity index is 1.63. The molecule has 2 aromatic heterocycles. The third-order valence-corrected chi connectivity index (χ3v) is 4.22. The van der Waals surface area contributed by atoms with Gasteiger partial charge in [0.15, 0.2) is 5.76 Å². The number of carbonyl (C=O) groups is 2. The lowest BCUT2D eigenvalue weighted by molar-refractivity contribution is -0.116. The van der Waals surface area contributed by atoms with Crippen molar-refractivity contribution in [3.05, 3.63) is 90.3 Å². The molecule has 0 spiro atoms. The average Bonchev–Trinajstić information content (AvgIpc) is 3.32. The fraction of sp³-hybridized carbons (Fsp3) is 0.0476. The lowest BCUT2D eigenvalue weighted by Gasteiger charge is -2.07. The highest BCUT2D eigenvalue weighted by atomic mass is 19.1. The summed E-state index contributed by atoms with van der Waals surface area (Å²) in [5, 5.41) is 3.46. The summed E-state index contributed by atoms with van der Waals surface area (Å²) in [6.07, 6.45) is 3.10. The normalized spacial score (nSPS) is 10.9. The second-order valence-corrected chi connectivity index (χ2v) is 6.05. The molecule has 5 nitrogen and oxygen atoms in total. The topological polar surface area (TPSA) is 64.2 Å². The Labute approximate surface area is 154 Å². The summed E-state index contributed by atoms with van der Waals surface area (Å²) in [7, 11) is 0. The van der Waals surface area contributed by atoms with Gasteiger partial charge >= 0.3 is 0 Å². The van der Waals surface area contributed by atoms with Crippen LogP contribution in [-0.4, -0.2) is 16.3 Å². The number of para-hydroxylation sites is 1. The van der Waals surface area contributed by atoms with Gasteiger partial charge in [0.25, 0.3) is 0 Å². The first-order chi connectivity index (χ1) is 13.1. The molecule has 0 fully saturated rings. The highest BCUT2D eigenvalue weighted by Crippen LogP contribution is 2.24. The Hall–Kier alpha value is -3.67. The van der Waals surface area contributed by atoms with Crippen molar-refractivity contribution in [2.45, 2.75) is 6.54 Å². The van der Waals surface area contributed by atoms with E-state index in [9.17, 15) is 14.0 Å². The van der Waals surface area contributed by atoms with Gasteiger partial charge in [-0.25, -0.2) is 4.39 Å². The van der Waals surface area contributed by atoms with Crippen molar-refractivity contribution >= 4 is 28.3 Å². The number of hydrogen-bond donors (Lipinski definition) is 1. The first-order valence-corrected chi connectivity index (χ1v) is 8.33. The number of rotatable bonds is 5. The summed E-state index contributed by atoms with van der Waals surface area (Å²) >= 11 is 0. The van der Waals surface area contributed by atoms with E-state index in [4.69, 9.17) is 4.42 Å². The molecule has 0 aliphatic rings. The minimum atomic E-state index is -0.370. The second-order valence-electron chi connectivity index (χ2n) is 6.05. The number of amides is 1. The first kappa shape index (κ1) is 16.8. The molecule has 0 atom stereocenters. The van der Waals surface area contributed by atoms with Crippen LogP contribution < -0.4 is 5.32 Å². The second kappa shape index (κ2) is 6.92. The number of aromatic nitrogens is 1. The number of benzene rings is 2. The Kier molecular flexibility index (Phi) is 4.30. The Morgan fingerprint density at radius 3 is 2.52 bits per heavy atom. The molecule has 27 heavy (non-hydrogen) atoms. The molecule has 0 radical (unpaired) electrons. The third-order valence-electron chi connectivity index (χ3n) is 4.22. The average molecular weight is 362 g/mol. The van der Waals surface area contributed by atoms with Crippen molar-refractivity contribution in [1.29, 1.82) is 0 Å². The summed E-state index contributed by atoms with van der Waals surface area (Å²) in [6.45, 7) is 0.0172. The molecule has 6 heteroatoms. The highest BCUT2D eigenvalue weighted by Gasteiger charge is 2.19. The van der Waals surface area contributed by atoms with Crippen molar-refractivity contribution in [1.82, 2.24) is 4.57 Å². The SMILES string of the molecule is O=C(Cn1cc(C(=O)c2ccco2)c2ccccc21)Nc1ccc(F)cc1. The van der Waals surface area contributed by atoms with Crippen LogP contribution in [0.15, 0.2) is 77.5 Å². The molecule has 1 amide bonds. The summed E-state index contributed by atoms with van der Waals surface area (Å²) in [4.78, 5) is 25.1. The van der Waals surface area contributed by atoms with E-state index in [1.54, 1.807) is 22.9 Å². The molecule has 0 saturated heterocycles. The van der Waals surface area contributed by atoms with E-state index in [1.165, 1.54) is 30.5 Å². The summed E-state index contributed by atoms with van der Waals surface area (Å²) in [5.41, 5.74) is 1.74. The maximum absolute atomic E-state index is 13.0. The quantitative estimate of drug-likeness (QED) is 0.540. The minimum absolute atomic E-state index is 0.0172. The van der Waals surface area contributed by atoms with Gasteiger partial charge in [-0.1, -0.05) is 18.2 Å². The number of halogens is 1. The zero-order valence-corrected chi connectivity index (χ0v) is 14.2. The number of fused-ring (bicyclic) bond motifs is 1. The van der Waals surface area contributed by atoms with Crippen LogP contribution in [0, 0.1) is 5.82 Å². The number of carbonyl (C=O) groups excluding carboxylic acids is 2. The van der Waals surface area contributed by atoms with E-state index in [1.807, 2.05) is 24.3 Å². The predicted molar refractivity (Wildman–Crippen MR) is 99.1 cm³/mol. The van der Waals surface area contributed by atoms with Crippen molar-refractivity contribution < 1.29 is 18.4 Å². The number of nitrogens with one attached hydrogen (secondary N) is 1. The number of nitrogens with zero attached hydrogens (tertiary/aromatic N) is 1. The molecule has 0 aliphatic heterocycles. The van der Waals surface area contributed by atoms with E-state index < -0.39 is 0 Å². The Morgan fingerprint density at radius 2 is 1.78 bits per heavy atom. The van der Waals surface area contributed by atoms with E-state index in [0.29, 0.717) is 11.3 Å². The van der Waals surface area contributed by atoms with Gasteiger partial charge in [-0.05, 0) is 42.5 Å². The summed E-state index contributed by atoms with van der Waals surface area (Å²) in [5.74, 6) is -0.646. The predicted octanol–water partition coefficient (Wildman–Crippen LogP) is 4.24. The van der Waals surface area contributed by atoms with Crippen molar-refractivity contribution in [2.24, 2.45) is 0 Å². The molecular weight excluding hydrogens is 347 g/mol. The van der Waals surface area contributed by atoms with Gasteiger partial charge in [-0.2, -0.15) is 0 Å². The highest BCUT2D eigenvalue weighted by molar-refractivity contribution is 6.15. The lowest BCUT2D eigenvalue weighted by Crippen LogP contribution is -2.18. The van der Waals surface area contributed by atoms with Crippen molar-refractivity contribution in [3.63, 3.8) is 0 Å². The summed E-state index contributed by atoms with van der Waals surface area (Å²) in [6, 6.07) is 16.2. The maximum Gasteiger partial charge on any atom is 0.244 e. The molecule has 0 saturated carbocycles. The van der Waals surface area contributed by atoms with Crippen molar-refractivity contribution in [2.75, 3.05) is 5.32 Å². The van der Waals surface area contributed by atoms with Crippen LogP contribution in [-0.2, 0) is 11.3 Å². The van der Waals surface area contributed by atoms with Gasteiger partial charge in [0, 0.05) is 22.8 Å². The van der Waals surface area contributed by atoms with Crippen LogP contribution in [0.1, 0.15) is 16.1 Å². The van der Waals surface area contributed by atoms with Gasteiger partial charge in [-0.15, -0.1) is 0 Å². The number of hydrogen-bond acceptors (Lipinski definition) is 3. The standard InChI is InChI=1S/C21H15FN2O3/c22-14-7-9-15(10-8-14)23-20(25)13-24-12-17(16-4-1-2-5-18(16)24)21(26)19-6-3-11-27-19/h1-12H,13H2,(H,23,25). The molecule has 0 bridgehead atoms. The molecule has 4 rings (SSSR count). The number of anilines is 1. The zero-order valence-electron chi connectivity index (χ0n) is 14.2. The molecule has 2 aromatic carbocycles. The van der Waals surface area contributed by atoms with Crippen molar-refractivity contribution in [3.8, 4) is 0 Å². The van der Waals surface area contributed by atoms with Gasteiger partial charge in [-0.3, -0.25) is 9.59 Å². The molecule has 134 valence electrons. The molecule has 1 N–H and O–H groups in total. The monoisotopic (exact) mass is 362 g/mol. The fourth-order valence-corrected chi connectivity index (χ4v) is 2.99. The van der Waals surface area contributed by atoms with Gasteiger partial charge in [0.05, 0.1) is 11.8 Å². The van der Waals surface area contributed by atoms with Crippen LogP contribution in [0.3, 0.4) is 0 Å². The Bertz CT molecular complexity index is 1110. The summed E-state index contributed by atoms with van der Waals surface area (Å²) < 4.78 is 19.9. The maximum atomic E-state index is 13.0. The molecule has 2 heterocycles. The number of furan rings is 1. The largest absolute Gasteiger partial charge is 0.461 e.